The summed E-state index contributed by atoms with van der Waals surface area (Å²) in [6, 6.07) is 0. The minimum absolute atomic E-state index is 1.10. The molecule has 1 radical (unpaired) electrons. The van der Waals surface area contributed by atoms with Crippen LogP contribution in [0.25, 0.3) is 0 Å². The Hall–Kier alpha value is -0.530. The Kier molecular flexibility index (Phi) is 7.80. The SMILES string of the molecule is O=S(=O)(O)[CH]C(C(O)(C(C(O)CS(=O)(=O)O)S(=O)(=O)O)S(=O)(=O)O)S(=O)(=O)O. The molecule has 4 atom stereocenters. The zero-order valence-corrected chi connectivity index (χ0v) is 16.9. The van der Waals surface area contributed by atoms with Gasteiger partial charge in [-0.05, 0) is 0 Å². The van der Waals surface area contributed by atoms with Gasteiger partial charge < -0.3 is 10.2 Å². The Labute approximate surface area is 158 Å². The minimum atomic E-state index is -6.67. The number of hydrogen-bond donors (Lipinski definition) is 7. The second-order valence-corrected chi connectivity index (χ2v) is 12.5. The van der Waals surface area contributed by atoms with Gasteiger partial charge in [-0.15, -0.1) is 0 Å². The second kappa shape index (κ2) is 7.95. The lowest BCUT2D eigenvalue weighted by atomic mass is 10.1. The van der Waals surface area contributed by atoms with Crippen molar-refractivity contribution >= 4 is 50.6 Å². The summed E-state index contributed by atoms with van der Waals surface area (Å²) in [6.07, 6.45) is -3.45. The van der Waals surface area contributed by atoms with E-state index in [2.05, 4.69) is 0 Å². The molecule has 0 rings (SSSR count). The van der Waals surface area contributed by atoms with E-state index in [-0.39, 0.29) is 0 Å². The molecule has 0 fully saturated rings. The van der Waals surface area contributed by atoms with Crippen molar-refractivity contribution in [2.24, 2.45) is 0 Å². The zero-order valence-electron chi connectivity index (χ0n) is 12.8. The average molecular weight is 517 g/mol. The molecule has 0 aliphatic carbocycles. The van der Waals surface area contributed by atoms with Gasteiger partial charge in [-0.3, -0.25) is 22.8 Å². The molecule has 169 valence electrons. The predicted molar refractivity (Wildman–Crippen MR) is 85.4 cm³/mol. The number of rotatable bonds is 10. The van der Waals surface area contributed by atoms with Crippen LogP contribution in [0.5, 0.6) is 0 Å². The average Bonchev–Trinajstić information content (AvgIpc) is 2.27. The lowest BCUT2D eigenvalue weighted by molar-refractivity contribution is 0.0544. The van der Waals surface area contributed by atoms with E-state index in [0.29, 0.717) is 0 Å². The molecule has 22 heteroatoms. The van der Waals surface area contributed by atoms with Gasteiger partial charge >= 0.3 is 0 Å². The van der Waals surface area contributed by atoms with E-state index >= 15 is 0 Å². The van der Waals surface area contributed by atoms with Gasteiger partial charge in [-0.1, -0.05) is 0 Å². The van der Waals surface area contributed by atoms with Crippen molar-refractivity contribution in [2.75, 3.05) is 5.75 Å². The van der Waals surface area contributed by atoms with Crippen LogP contribution in [0.4, 0.5) is 0 Å². The zero-order chi connectivity index (χ0) is 23.1. The fourth-order valence-electron chi connectivity index (χ4n) is 1.98. The molecule has 0 aromatic heterocycles. The second-order valence-electron chi connectivity index (χ2n) is 5.07. The fourth-order valence-corrected chi connectivity index (χ4v) is 8.32. The van der Waals surface area contributed by atoms with Crippen LogP contribution in [-0.4, -0.2) is 102 Å². The Bertz CT molecular complexity index is 1110. The summed E-state index contributed by atoms with van der Waals surface area (Å²) in [4.78, 5) is -5.13. The van der Waals surface area contributed by atoms with Crippen molar-refractivity contribution in [2.45, 2.75) is 21.5 Å². The lowest BCUT2D eigenvalue weighted by Crippen LogP contribution is -2.66. The Morgan fingerprint density at radius 3 is 1.36 bits per heavy atom. The molecule has 0 aliphatic heterocycles. The number of aliphatic hydroxyl groups is 2. The van der Waals surface area contributed by atoms with Gasteiger partial charge in [-0.2, -0.15) is 42.1 Å². The van der Waals surface area contributed by atoms with E-state index in [0.717, 1.165) is 0 Å². The van der Waals surface area contributed by atoms with Crippen molar-refractivity contribution < 1.29 is 75.1 Å². The third-order valence-corrected chi connectivity index (χ3v) is 8.53. The van der Waals surface area contributed by atoms with E-state index in [9.17, 15) is 52.3 Å². The van der Waals surface area contributed by atoms with E-state index in [1.165, 1.54) is 0 Å². The van der Waals surface area contributed by atoms with Crippen LogP contribution in [0.15, 0.2) is 0 Å². The van der Waals surface area contributed by atoms with Crippen LogP contribution in [0.1, 0.15) is 0 Å². The molecule has 0 aromatic rings. The molecule has 0 heterocycles. The Balaban J connectivity index is 7.29. The molecule has 0 bridgehead atoms. The Morgan fingerprint density at radius 2 is 1.14 bits per heavy atom. The van der Waals surface area contributed by atoms with Crippen molar-refractivity contribution in [1.82, 2.24) is 0 Å². The first-order chi connectivity index (χ1) is 11.8. The number of hydrogen-bond acceptors (Lipinski definition) is 12. The molecule has 28 heavy (non-hydrogen) atoms. The third kappa shape index (κ3) is 7.06. The first-order valence-electron chi connectivity index (χ1n) is 5.91. The molecule has 7 N–H and O–H groups in total. The molecule has 0 saturated carbocycles. The molecule has 17 nitrogen and oxygen atoms in total. The van der Waals surface area contributed by atoms with Crippen molar-refractivity contribution in [3.8, 4) is 0 Å². The van der Waals surface area contributed by atoms with Crippen molar-refractivity contribution in [1.29, 1.82) is 0 Å². The van der Waals surface area contributed by atoms with Gasteiger partial charge in [-0.25, -0.2) is 0 Å². The lowest BCUT2D eigenvalue weighted by Gasteiger charge is -2.37. The summed E-state index contributed by atoms with van der Waals surface area (Å²) in [7, 11) is -30.5. The normalized spacial score (nSPS) is 20.1. The summed E-state index contributed by atoms with van der Waals surface area (Å²) in [6.45, 7) is 0. The monoisotopic (exact) mass is 517 g/mol. The topological polar surface area (TPSA) is 312 Å². The molecule has 0 amide bonds. The van der Waals surface area contributed by atoms with E-state index in [4.69, 9.17) is 22.8 Å². The van der Waals surface area contributed by atoms with Crippen molar-refractivity contribution in [3.05, 3.63) is 5.75 Å². The fraction of sp³-hybridized carbons (Fsp3) is 0.833. The molecule has 0 spiro atoms. The molecule has 4 unspecified atom stereocenters. The van der Waals surface area contributed by atoms with Crippen LogP contribution in [0.2, 0.25) is 0 Å². The summed E-state index contributed by atoms with van der Waals surface area (Å²) < 4.78 is 156. The quantitative estimate of drug-likeness (QED) is 0.134. The highest BCUT2D eigenvalue weighted by Gasteiger charge is 2.66. The van der Waals surface area contributed by atoms with Crippen molar-refractivity contribution in [3.63, 3.8) is 0 Å². The van der Waals surface area contributed by atoms with E-state index in [1.54, 1.807) is 0 Å². The summed E-state index contributed by atoms with van der Waals surface area (Å²) >= 11 is 0. The maximum Gasteiger partial charge on any atom is 0.298 e. The maximum absolute atomic E-state index is 11.5. The van der Waals surface area contributed by atoms with Gasteiger partial charge in [0.05, 0.1) is 6.10 Å². The Morgan fingerprint density at radius 1 is 0.750 bits per heavy atom. The van der Waals surface area contributed by atoms with Crippen LogP contribution in [0, 0.1) is 5.75 Å². The van der Waals surface area contributed by atoms with Crippen LogP contribution >= 0.6 is 0 Å². The molecular formula is C6H13O17S5. The molecule has 0 aromatic carbocycles. The standard InChI is InChI=1S/C6H13O17S5/c7-3(1-24(9,10)11)5(27(18,19)20)6(8,28(21,22)23)4(26(15,16)17)2-25(12,13)14/h2-5,7-8H,1H2,(H,9,10,11)(H,12,13,14)(H,15,16,17)(H,18,19,20)(H,21,22,23). The van der Waals surface area contributed by atoms with E-state index < -0.39 is 83.6 Å². The van der Waals surface area contributed by atoms with Gasteiger partial charge in [0.25, 0.3) is 50.6 Å². The summed E-state index contributed by atoms with van der Waals surface area (Å²) in [5.41, 5.74) is 0. The summed E-state index contributed by atoms with van der Waals surface area (Å²) in [5.74, 6) is -3.31. The minimum Gasteiger partial charge on any atom is -0.390 e. The molecule has 0 saturated heterocycles. The highest BCUT2D eigenvalue weighted by Crippen LogP contribution is 2.35. The highest BCUT2D eigenvalue weighted by atomic mass is 32.2. The highest BCUT2D eigenvalue weighted by molar-refractivity contribution is 7.95. The molecular weight excluding hydrogens is 504 g/mol. The largest absolute Gasteiger partial charge is 0.390 e. The van der Waals surface area contributed by atoms with Gasteiger partial charge in [0.2, 0.25) is 4.93 Å². The number of aliphatic hydroxyl groups excluding tert-OH is 1. The van der Waals surface area contributed by atoms with E-state index in [1.807, 2.05) is 0 Å². The smallest absolute Gasteiger partial charge is 0.298 e. The maximum atomic E-state index is 11.5. The van der Waals surface area contributed by atoms with Crippen LogP contribution in [-0.2, 0) is 50.6 Å². The van der Waals surface area contributed by atoms with Crippen LogP contribution in [0.3, 0.4) is 0 Å². The van der Waals surface area contributed by atoms with Gasteiger partial charge in [0.1, 0.15) is 11.5 Å². The van der Waals surface area contributed by atoms with Gasteiger partial charge in [0.15, 0.2) is 10.5 Å². The summed E-state index contributed by atoms with van der Waals surface area (Å²) in [5, 5.41) is 11.6. The van der Waals surface area contributed by atoms with Crippen LogP contribution < -0.4 is 0 Å². The third-order valence-electron chi connectivity index (χ3n) is 2.90. The molecule has 0 aliphatic rings. The first-order valence-corrected chi connectivity index (χ1v) is 13.5. The predicted octanol–water partition coefficient (Wildman–Crippen LogP) is -4.63. The first kappa shape index (κ1) is 27.5. The van der Waals surface area contributed by atoms with Gasteiger partial charge in [0, 0.05) is 0 Å².